The molecule has 0 spiro atoms. The molecule has 5 rings (SSSR count). The summed E-state index contributed by atoms with van der Waals surface area (Å²) in [6.45, 7) is 1.95. The number of thiol groups is 1. The fourth-order valence-corrected chi connectivity index (χ4v) is 5.25. The van der Waals surface area contributed by atoms with Gasteiger partial charge in [0.1, 0.15) is 34.9 Å². The summed E-state index contributed by atoms with van der Waals surface area (Å²) in [6.07, 6.45) is -0.432. The van der Waals surface area contributed by atoms with Gasteiger partial charge in [0.15, 0.2) is 5.82 Å². The number of aromatic nitrogens is 3. The molecule has 1 atom stereocenters. The van der Waals surface area contributed by atoms with Crippen molar-refractivity contribution in [3.8, 4) is 28.3 Å². The van der Waals surface area contributed by atoms with Gasteiger partial charge < -0.3 is 20.1 Å². The van der Waals surface area contributed by atoms with Crippen molar-refractivity contribution in [2.45, 2.75) is 12.6 Å². The van der Waals surface area contributed by atoms with E-state index < -0.39 is 22.9 Å². The highest BCUT2D eigenvalue weighted by Gasteiger charge is 2.25. The third kappa shape index (κ3) is 6.17. The number of anilines is 2. The number of hydrogen-bond acceptors (Lipinski definition) is 9. The Labute approximate surface area is 241 Å². The fraction of sp³-hybridized carbons (Fsp3) is 0.296. The van der Waals surface area contributed by atoms with E-state index in [1.54, 1.807) is 30.5 Å². The van der Waals surface area contributed by atoms with Gasteiger partial charge in [0.2, 0.25) is 10.9 Å². The Morgan fingerprint density at radius 2 is 1.95 bits per heavy atom. The van der Waals surface area contributed by atoms with Gasteiger partial charge in [0.25, 0.3) is 0 Å². The smallest absolute Gasteiger partial charge is 0.201 e. The first kappa shape index (κ1) is 28.9. The fourth-order valence-electron chi connectivity index (χ4n) is 4.68. The number of hydrogen-bond donors (Lipinski definition) is 3. The maximum Gasteiger partial charge on any atom is 0.201 e. The Kier molecular flexibility index (Phi) is 8.78. The number of fused-ring (bicyclic) bond motifs is 1. The van der Waals surface area contributed by atoms with E-state index >= 15 is 8.78 Å². The van der Waals surface area contributed by atoms with Gasteiger partial charge in [-0.3, -0.25) is 0 Å². The molecule has 1 saturated heterocycles. The highest BCUT2D eigenvalue weighted by atomic mass is 35.5. The lowest BCUT2D eigenvalue weighted by atomic mass is 9.97. The van der Waals surface area contributed by atoms with Crippen molar-refractivity contribution in [1.29, 1.82) is 0 Å². The zero-order chi connectivity index (χ0) is 29.1. The van der Waals surface area contributed by atoms with E-state index in [0.717, 1.165) is 0 Å². The lowest BCUT2D eigenvalue weighted by molar-refractivity contribution is 0.122. The summed E-state index contributed by atoms with van der Waals surface area (Å²) < 4.78 is 65.8. The van der Waals surface area contributed by atoms with Crippen LogP contribution >= 0.6 is 11.6 Å². The minimum atomic E-state index is -2.88. The summed E-state index contributed by atoms with van der Waals surface area (Å²) in [7, 11) is -1.41. The molecule has 0 amide bonds. The molecule has 14 heteroatoms. The Bertz CT molecular complexity index is 1640. The first-order valence-electron chi connectivity index (χ1n) is 12.7. The average molecular weight is 605 g/mol. The topological polar surface area (TPSA) is 133 Å². The van der Waals surface area contributed by atoms with Crippen LogP contribution in [-0.2, 0) is 15.6 Å². The molecular weight excluding hydrogens is 578 g/mol. The zero-order valence-corrected chi connectivity index (χ0v) is 23.6. The Hall–Kier alpha value is -3.65. The van der Waals surface area contributed by atoms with Gasteiger partial charge in [-0.25, -0.2) is 36.9 Å². The SMILES string of the molecule is COc1cc(-c2c(Cl)ccc(C(F)CCN[SH](=O)=O)c2F)cc2c(N3CCOCC3)nc(-c3ccc(N)nc3)nc12. The highest BCUT2D eigenvalue weighted by molar-refractivity contribution is 7.70. The maximum absolute atomic E-state index is 15.9. The number of nitrogen functional groups attached to an aromatic ring is 1. The largest absolute Gasteiger partial charge is 0.494 e. The van der Waals surface area contributed by atoms with E-state index in [0.29, 0.717) is 71.5 Å². The molecule has 41 heavy (non-hydrogen) atoms. The second kappa shape index (κ2) is 12.5. The molecule has 0 radical (unpaired) electrons. The number of nitrogens with one attached hydrogen (secondary N) is 1. The summed E-state index contributed by atoms with van der Waals surface area (Å²) in [5.74, 6) is 0.826. The van der Waals surface area contributed by atoms with Gasteiger partial charge >= 0.3 is 0 Å². The van der Waals surface area contributed by atoms with Crippen LogP contribution in [0.3, 0.4) is 0 Å². The molecule has 1 fully saturated rings. The van der Waals surface area contributed by atoms with E-state index in [-0.39, 0.29) is 29.1 Å². The van der Waals surface area contributed by atoms with Gasteiger partial charge in [0.05, 0.1) is 25.3 Å². The van der Waals surface area contributed by atoms with Gasteiger partial charge in [-0.1, -0.05) is 17.7 Å². The van der Waals surface area contributed by atoms with Crippen molar-refractivity contribution in [2.24, 2.45) is 0 Å². The molecule has 0 bridgehead atoms. The van der Waals surface area contributed by atoms with Crippen LogP contribution in [0.15, 0.2) is 42.6 Å². The zero-order valence-electron chi connectivity index (χ0n) is 21.9. The molecular formula is C27H27ClF2N6O4S. The van der Waals surface area contributed by atoms with Gasteiger partial charge in [-0.05, 0) is 42.3 Å². The molecule has 10 nitrogen and oxygen atoms in total. The van der Waals surface area contributed by atoms with Gasteiger partial charge in [0, 0.05) is 47.9 Å². The predicted octanol–water partition coefficient (Wildman–Crippen LogP) is 4.10. The summed E-state index contributed by atoms with van der Waals surface area (Å²) >= 11 is 6.47. The molecule has 2 aromatic heterocycles. The number of morpholine rings is 1. The van der Waals surface area contributed by atoms with E-state index in [2.05, 4.69) is 9.71 Å². The van der Waals surface area contributed by atoms with Crippen LogP contribution in [0.25, 0.3) is 33.4 Å². The van der Waals surface area contributed by atoms with E-state index in [9.17, 15) is 8.42 Å². The molecule has 0 saturated carbocycles. The quantitative estimate of drug-likeness (QED) is 0.242. The minimum absolute atomic E-state index is 0.0189. The van der Waals surface area contributed by atoms with Crippen LogP contribution in [-0.4, -0.2) is 63.3 Å². The van der Waals surface area contributed by atoms with Crippen LogP contribution in [0.5, 0.6) is 5.75 Å². The van der Waals surface area contributed by atoms with Crippen molar-refractivity contribution in [1.82, 2.24) is 19.7 Å². The number of benzene rings is 2. The Balaban J connectivity index is 1.67. The van der Waals surface area contributed by atoms with Crippen molar-refractivity contribution >= 4 is 45.0 Å². The second-order valence-electron chi connectivity index (χ2n) is 9.26. The molecule has 1 aliphatic rings. The number of nitrogens with two attached hydrogens (primary N) is 1. The number of rotatable bonds is 9. The molecule has 216 valence electrons. The van der Waals surface area contributed by atoms with Crippen molar-refractivity contribution in [3.63, 3.8) is 0 Å². The lowest BCUT2D eigenvalue weighted by Crippen LogP contribution is -2.37. The molecule has 0 aliphatic carbocycles. The normalized spacial score (nSPS) is 14.5. The number of halogens is 3. The summed E-state index contributed by atoms with van der Waals surface area (Å²) in [4.78, 5) is 15.8. The van der Waals surface area contributed by atoms with Crippen LogP contribution in [0.2, 0.25) is 5.02 Å². The van der Waals surface area contributed by atoms with E-state index in [1.165, 1.54) is 19.2 Å². The first-order valence-corrected chi connectivity index (χ1v) is 14.3. The standard InChI is InChI=1S/C27H27ClF2N6O4S/c1-39-21-13-16(23-19(28)4-3-17(24(23)30)20(29)6-7-33-41(37)38)12-18-25(21)34-26(15-2-5-22(31)32-14-15)35-27(18)36-8-10-40-11-9-36/h2-5,12-14,20,41H,6-11H2,1H3,(H2,31,32)(H,33,37,38). The van der Waals surface area contributed by atoms with Gasteiger partial charge in [-0.15, -0.1) is 0 Å². The summed E-state index contributed by atoms with van der Waals surface area (Å²) in [5.41, 5.74) is 6.98. The molecule has 3 heterocycles. The predicted molar refractivity (Wildman–Crippen MR) is 154 cm³/mol. The average Bonchev–Trinajstić information content (AvgIpc) is 2.97. The number of methoxy groups -OCH3 is 1. The number of ether oxygens (including phenoxy) is 2. The molecule has 1 aliphatic heterocycles. The van der Waals surface area contributed by atoms with E-state index in [1.807, 2.05) is 4.90 Å². The maximum atomic E-state index is 15.9. The third-order valence-electron chi connectivity index (χ3n) is 6.71. The Morgan fingerprint density at radius 3 is 2.63 bits per heavy atom. The van der Waals surface area contributed by atoms with Crippen molar-refractivity contribution < 1.29 is 26.7 Å². The van der Waals surface area contributed by atoms with Crippen LogP contribution in [0, 0.1) is 5.82 Å². The summed E-state index contributed by atoms with van der Waals surface area (Å²) in [6, 6.07) is 9.40. The molecule has 2 aromatic carbocycles. The van der Waals surface area contributed by atoms with E-state index in [4.69, 9.17) is 36.8 Å². The highest BCUT2D eigenvalue weighted by Crippen LogP contribution is 2.42. The second-order valence-corrected chi connectivity index (χ2v) is 10.5. The first-order chi connectivity index (χ1) is 19.8. The number of pyridine rings is 1. The monoisotopic (exact) mass is 604 g/mol. The lowest BCUT2D eigenvalue weighted by Gasteiger charge is -2.29. The van der Waals surface area contributed by atoms with Crippen molar-refractivity contribution in [3.05, 3.63) is 59.0 Å². The van der Waals surface area contributed by atoms with Gasteiger partial charge in [-0.2, -0.15) is 0 Å². The van der Waals surface area contributed by atoms with Crippen LogP contribution < -0.4 is 20.1 Å². The van der Waals surface area contributed by atoms with Crippen LogP contribution in [0.1, 0.15) is 18.2 Å². The van der Waals surface area contributed by atoms with Crippen molar-refractivity contribution in [2.75, 3.05) is 50.6 Å². The number of nitrogens with zero attached hydrogens (tertiary/aromatic N) is 4. The number of alkyl halides is 1. The molecule has 1 unspecified atom stereocenters. The minimum Gasteiger partial charge on any atom is -0.494 e. The summed E-state index contributed by atoms with van der Waals surface area (Å²) in [5, 5.41) is 0.647. The van der Waals surface area contributed by atoms with Crippen LogP contribution in [0.4, 0.5) is 20.4 Å². The Morgan fingerprint density at radius 1 is 1.17 bits per heavy atom. The molecule has 3 N–H and O–H groups in total. The third-order valence-corrected chi connectivity index (χ3v) is 7.50. The molecule has 4 aromatic rings.